The van der Waals surface area contributed by atoms with E-state index < -0.39 is 0 Å². The van der Waals surface area contributed by atoms with Crippen molar-refractivity contribution in [3.8, 4) is 0 Å². The molecule has 0 atom stereocenters. The van der Waals surface area contributed by atoms with Crippen LogP contribution in [0.1, 0.15) is 10.4 Å². The van der Waals surface area contributed by atoms with Crippen LogP contribution in [0.2, 0.25) is 0 Å². The number of ether oxygens (including phenoxy) is 1. The van der Waals surface area contributed by atoms with Crippen LogP contribution in [0, 0.1) is 0 Å². The van der Waals surface area contributed by atoms with Gasteiger partial charge in [-0.1, -0.05) is 30.3 Å². The summed E-state index contributed by atoms with van der Waals surface area (Å²) in [4.78, 5) is 15.8. The van der Waals surface area contributed by atoms with Gasteiger partial charge in [-0.3, -0.25) is 4.98 Å². The highest BCUT2D eigenvalue weighted by molar-refractivity contribution is 6.07. The zero-order valence-electron chi connectivity index (χ0n) is 9.88. The van der Waals surface area contributed by atoms with Crippen LogP contribution in [0.15, 0.2) is 48.7 Å². The highest BCUT2D eigenvalue weighted by Gasteiger charge is 2.07. The normalized spacial score (nSPS) is 10.7. The Kier molecular flexibility index (Phi) is 2.45. The highest BCUT2D eigenvalue weighted by atomic mass is 16.5. The lowest BCUT2D eigenvalue weighted by atomic mass is 10.1. The number of methoxy groups -OCH3 is 1. The monoisotopic (exact) mass is 237 g/mol. The van der Waals surface area contributed by atoms with Crippen LogP contribution in [-0.2, 0) is 4.74 Å². The van der Waals surface area contributed by atoms with Gasteiger partial charge in [0, 0.05) is 17.0 Å². The molecule has 3 rings (SSSR count). The van der Waals surface area contributed by atoms with Crippen molar-refractivity contribution in [2.24, 2.45) is 0 Å². The van der Waals surface area contributed by atoms with E-state index in [1.807, 2.05) is 30.5 Å². The first-order valence-electron chi connectivity index (χ1n) is 5.65. The molecule has 0 unspecified atom stereocenters. The quantitative estimate of drug-likeness (QED) is 0.482. The van der Waals surface area contributed by atoms with Crippen LogP contribution in [0.25, 0.3) is 21.7 Å². The van der Waals surface area contributed by atoms with E-state index in [4.69, 9.17) is 4.74 Å². The molecule has 2 aromatic carbocycles. The predicted molar refractivity (Wildman–Crippen MR) is 70.6 cm³/mol. The summed E-state index contributed by atoms with van der Waals surface area (Å²) in [7, 11) is 1.38. The summed E-state index contributed by atoms with van der Waals surface area (Å²) in [6.07, 6.45) is 1.82. The molecule has 0 amide bonds. The van der Waals surface area contributed by atoms with E-state index in [-0.39, 0.29) is 5.97 Å². The minimum Gasteiger partial charge on any atom is -0.465 e. The second-order valence-electron chi connectivity index (χ2n) is 4.07. The number of fused-ring (bicyclic) bond motifs is 3. The van der Waals surface area contributed by atoms with Crippen molar-refractivity contribution in [2.75, 3.05) is 7.11 Å². The lowest BCUT2D eigenvalue weighted by Gasteiger charge is -2.04. The van der Waals surface area contributed by atoms with Gasteiger partial charge in [0.1, 0.15) is 0 Å². The summed E-state index contributed by atoms with van der Waals surface area (Å²) in [5.41, 5.74) is 1.32. The molecular weight excluding hydrogens is 226 g/mol. The van der Waals surface area contributed by atoms with Gasteiger partial charge in [0.05, 0.1) is 18.2 Å². The van der Waals surface area contributed by atoms with Crippen LogP contribution in [0.3, 0.4) is 0 Å². The van der Waals surface area contributed by atoms with Crippen molar-refractivity contribution < 1.29 is 9.53 Å². The van der Waals surface area contributed by atoms with Gasteiger partial charge in [-0.15, -0.1) is 0 Å². The van der Waals surface area contributed by atoms with Gasteiger partial charge in [-0.25, -0.2) is 4.79 Å². The van der Waals surface area contributed by atoms with E-state index in [1.165, 1.54) is 7.11 Å². The number of hydrogen-bond acceptors (Lipinski definition) is 3. The average molecular weight is 237 g/mol. The highest BCUT2D eigenvalue weighted by Crippen LogP contribution is 2.24. The Morgan fingerprint density at radius 2 is 1.94 bits per heavy atom. The first kappa shape index (κ1) is 10.7. The standard InChI is InChI=1S/C15H11NO2/c1-18-15(17)10-6-7-13-12-5-3-2-4-11(12)9-16-14(13)8-10/h2-9H,1H3. The first-order chi connectivity index (χ1) is 8.79. The number of hydrogen-bond donors (Lipinski definition) is 0. The maximum atomic E-state index is 11.5. The Morgan fingerprint density at radius 3 is 2.78 bits per heavy atom. The molecule has 0 spiro atoms. The largest absolute Gasteiger partial charge is 0.465 e. The minimum atomic E-state index is -0.341. The van der Waals surface area contributed by atoms with Crippen molar-refractivity contribution in [1.29, 1.82) is 0 Å². The average Bonchev–Trinajstić information content (AvgIpc) is 2.45. The van der Waals surface area contributed by atoms with Gasteiger partial charge in [0.25, 0.3) is 0 Å². The molecular formula is C15H11NO2. The third-order valence-electron chi connectivity index (χ3n) is 3.01. The summed E-state index contributed by atoms with van der Waals surface area (Å²) in [5, 5.41) is 3.27. The van der Waals surface area contributed by atoms with Gasteiger partial charge < -0.3 is 4.74 Å². The fourth-order valence-corrected chi connectivity index (χ4v) is 2.10. The molecule has 0 aliphatic rings. The fourth-order valence-electron chi connectivity index (χ4n) is 2.10. The molecule has 0 N–H and O–H groups in total. The Morgan fingerprint density at radius 1 is 1.11 bits per heavy atom. The molecule has 0 bridgehead atoms. The molecule has 0 aliphatic carbocycles. The molecule has 3 heteroatoms. The number of pyridine rings is 1. The van der Waals surface area contributed by atoms with E-state index in [0.29, 0.717) is 5.56 Å². The third kappa shape index (κ3) is 1.61. The van der Waals surface area contributed by atoms with E-state index in [0.717, 1.165) is 21.7 Å². The van der Waals surface area contributed by atoms with Crippen molar-refractivity contribution in [3.05, 3.63) is 54.2 Å². The van der Waals surface area contributed by atoms with Crippen LogP contribution < -0.4 is 0 Å². The molecule has 18 heavy (non-hydrogen) atoms. The Bertz CT molecular complexity index is 750. The summed E-state index contributed by atoms with van der Waals surface area (Å²) < 4.78 is 4.71. The number of carbonyl (C=O) groups excluding carboxylic acids is 1. The van der Waals surface area contributed by atoms with Crippen molar-refractivity contribution >= 4 is 27.6 Å². The Hall–Kier alpha value is -2.42. The van der Waals surface area contributed by atoms with E-state index in [2.05, 4.69) is 11.1 Å². The number of esters is 1. The smallest absolute Gasteiger partial charge is 0.337 e. The lowest BCUT2D eigenvalue weighted by molar-refractivity contribution is 0.0601. The Labute approximate surface area is 104 Å². The maximum absolute atomic E-state index is 11.5. The molecule has 0 aliphatic heterocycles. The van der Waals surface area contributed by atoms with E-state index in [1.54, 1.807) is 12.1 Å². The van der Waals surface area contributed by atoms with E-state index in [9.17, 15) is 4.79 Å². The first-order valence-corrected chi connectivity index (χ1v) is 5.65. The Balaban J connectivity index is 2.31. The number of aromatic nitrogens is 1. The SMILES string of the molecule is COC(=O)c1ccc2c(c1)ncc1ccccc12. The molecule has 1 aromatic heterocycles. The van der Waals surface area contributed by atoms with Crippen molar-refractivity contribution in [3.63, 3.8) is 0 Å². The number of nitrogens with zero attached hydrogens (tertiary/aromatic N) is 1. The molecule has 3 aromatic rings. The molecule has 0 radical (unpaired) electrons. The molecule has 88 valence electrons. The molecule has 0 saturated carbocycles. The lowest BCUT2D eigenvalue weighted by Crippen LogP contribution is -2.00. The van der Waals surface area contributed by atoms with Gasteiger partial charge in [0.15, 0.2) is 0 Å². The molecule has 1 heterocycles. The fraction of sp³-hybridized carbons (Fsp3) is 0.0667. The number of carbonyl (C=O) groups is 1. The zero-order valence-corrected chi connectivity index (χ0v) is 9.88. The minimum absolute atomic E-state index is 0.341. The predicted octanol–water partition coefficient (Wildman–Crippen LogP) is 3.17. The zero-order chi connectivity index (χ0) is 12.5. The van der Waals surface area contributed by atoms with Crippen LogP contribution in [-0.4, -0.2) is 18.1 Å². The summed E-state index contributed by atoms with van der Waals surface area (Å²) >= 11 is 0. The number of rotatable bonds is 1. The second-order valence-corrected chi connectivity index (χ2v) is 4.07. The summed E-state index contributed by atoms with van der Waals surface area (Å²) in [5.74, 6) is -0.341. The van der Waals surface area contributed by atoms with E-state index >= 15 is 0 Å². The van der Waals surface area contributed by atoms with Gasteiger partial charge >= 0.3 is 5.97 Å². The van der Waals surface area contributed by atoms with Crippen LogP contribution in [0.5, 0.6) is 0 Å². The second kappa shape index (κ2) is 4.11. The van der Waals surface area contributed by atoms with Crippen molar-refractivity contribution in [2.45, 2.75) is 0 Å². The van der Waals surface area contributed by atoms with Gasteiger partial charge in [0.2, 0.25) is 0 Å². The molecule has 3 nitrogen and oxygen atoms in total. The number of benzene rings is 2. The topological polar surface area (TPSA) is 39.2 Å². The van der Waals surface area contributed by atoms with Crippen LogP contribution >= 0.6 is 0 Å². The van der Waals surface area contributed by atoms with Gasteiger partial charge in [-0.2, -0.15) is 0 Å². The maximum Gasteiger partial charge on any atom is 0.337 e. The summed E-state index contributed by atoms with van der Waals surface area (Å²) in [6.45, 7) is 0. The van der Waals surface area contributed by atoms with Crippen LogP contribution in [0.4, 0.5) is 0 Å². The van der Waals surface area contributed by atoms with Crippen molar-refractivity contribution in [1.82, 2.24) is 4.98 Å². The third-order valence-corrected chi connectivity index (χ3v) is 3.01. The van der Waals surface area contributed by atoms with Gasteiger partial charge in [-0.05, 0) is 17.5 Å². The molecule has 0 fully saturated rings. The summed E-state index contributed by atoms with van der Waals surface area (Å²) in [6, 6.07) is 13.5. The molecule has 0 saturated heterocycles.